The van der Waals surface area contributed by atoms with Gasteiger partial charge in [0.25, 0.3) is 0 Å². The van der Waals surface area contributed by atoms with Gasteiger partial charge in [0.05, 0.1) is 13.2 Å². The van der Waals surface area contributed by atoms with E-state index >= 15 is 0 Å². The molecule has 0 N–H and O–H groups in total. The molecule has 0 saturated carbocycles. The van der Waals surface area contributed by atoms with Gasteiger partial charge in [-0.1, -0.05) is 0 Å². The summed E-state index contributed by atoms with van der Waals surface area (Å²) in [6.07, 6.45) is 5.12. The molecule has 0 unspecified atom stereocenters. The summed E-state index contributed by atoms with van der Waals surface area (Å²) in [5.41, 5.74) is 1.52. The lowest BCUT2D eigenvalue weighted by molar-refractivity contribution is -0.169. The van der Waals surface area contributed by atoms with Crippen LogP contribution < -0.4 is 4.90 Å². The third-order valence-electron chi connectivity index (χ3n) is 3.98. The van der Waals surface area contributed by atoms with E-state index in [1.54, 1.807) is 12.4 Å². The minimum Gasteiger partial charge on any atom is -0.356 e. The van der Waals surface area contributed by atoms with Crippen molar-refractivity contribution in [2.45, 2.75) is 18.6 Å². The van der Waals surface area contributed by atoms with Gasteiger partial charge in [0.15, 0.2) is 11.4 Å². The lowest BCUT2D eigenvalue weighted by Gasteiger charge is -2.38. The maximum Gasteiger partial charge on any atom is 0.180 e. The molecule has 0 amide bonds. The van der Waals surface area contributed by atoms with E-state index in [4.69, 9.17) is 9.47 Å². The Labute approximate surface area is 116 Å². The Balaban J connectivity index is 1.55. The van der Waals surface area contributed by atoms with Gasteiger partial charge < -0.3 is 14.4 Å². The number of hydrogen-bond acceptors (Lipinski definition) is 6. The number of pyridine rings is 1. The first-order valence-electron chi connectivity index (χ1n) is 6.95. The molecule has 0 bridgehead atoms. The minimum absolute atomic E-state index is 0.340. The molecule has 6 heteroatoms. The molecule has 0 aromatic carbocycles. The van der Waals surface area contributed by atoms with Crippen LogP contribution in [0.4, 0.5) is 5.82 Å². The number of piperidine rings is 1. The molecule has 104 valence electrons. The average Bonchev–Trinajstić information content (AvgIpc) is 2.96. The fraction of sp³-hybridized carbons (Fsp3) is 0.500. The largest absolute Gasteiger partial charge is 0.356 e. The summed E-state index contributed by atoms with van der Waals surface area (Å²) in [5.74, 6) is 0.610. The molecular formula is C14H16N4O2. The number of hydrogen-bond donors (Lipinski definition) is 0. The van der Waals surface area contributed by atoms with Crippen LogP contribution in [0.25, 0.3) is 11.2 Å². The van der Waals surface area contributed by atoms with Crippen LogP contribution in [0.2, 0.25) is 0 Å². The number of fused-ring (bicyclic) bond motifs is 1. The van der Waals surface area contributed by atoms with Crippen molar-refractivity contribution < 1.29 is 9.47 Å². The molecule has 6 nitrogen and oxygen atoms in total. The van der Waals surface area contributed by atoms with Crippen molar-refractivity contribution in [1.29, 1.82) is 0 Å². The van der Waals surface area contributed by atoms with Gasteiger partial charge in [0.2, 0.25) is 0 Å². The maximum absolute atomic E-state index is 5.74. The second-order valence-electron chi connectivity index (χ2n) is 5.16. The zero-order valence-corrected chi connectivity index (χ0v) is 11.2. The molecular weight excluding hydrogens is 256 g/mol. The maximum atomic E-state index is 5.74. The average molecular weight is 272 g/mol. The SMILES string of the molecule is c1cnc2nc(N3CCC4(CC3)OCCO4)ccc2n1. The monoisotopic (exact) mass is 272 g/mol. The van der Waals surface area contributed by atoms with E-state index in [0.29, 0.717) is 18.9 Å². The second kappa shape index (κ2) is 4.64. The molecule has 20 heavy (non-hydrogen) atoms. The van der Waals surface area contributed by atoms with E-state index in [2.05, 4.69) is 19.9 Å². The van der Waals surface area contributed by atoms with Gasteiger partial charge >= 0.3 is 0 Å². The first-order chi connectivity index (χ1) is 9.85. The molecule has 2 aliphatic heterocycles. The highest BCUT2D eigenvalue weighted by Gasteiger charge is 2.40. The lowest BCUT2D eigenvalue weighted by Crippen LogP contribution is -2.45. The second-order valence-corrected chi connectivity index (χ2v) is 5.16. The van der Waals surface area contributed by atoms with Gasteiger partial charge in [-0.15, -0.1) is 0 Å². The van der Waals surface area contributed by atoms with E-state index in [1.165, 1.54) is 0 Å². The first kappa shape index (κ1) is 12.0. The van der Waals surface area contributed by atoms with Crippen LogP contribution in [0.5, 0.6) is 0 Å². The number of nitrogens with zero attached hydrogens (tertiary/aromatic N) is 4. The molecule has 2 aromatic heterocycles. The van der Waals surface area contributed by atoms with Crippen LogP contribution in [-0.2, 0) is 9.47 Å². The van der Waals surface area contributed by atoms with Crippen molar-refractivity contribution in [3.8, 4) is 0 Å². The molecule has 0 atom stereocenters. The molecule has 4 heterocycles. The Hall–Kier alpha value is -1.79. The molecule has 4 rings (SSSR count). The highest BCUT2D eigenvalue weighted by molar-refractivity contribution is 5.71. The van der Waals surface area contributed by atoms with E-state index < -0.39 is 0 Å². The van der Waals surface area contributed by atoms with Crippen molar-refractivity contribution >= 4 is 17.0 Å². The van der Waals surface area contributed by atoms with Crippen LogP contribution in [0.15, 0.2) is 24.5 Å². The van der Waals surface area contributed by atoms with Gasteiger partial charge in [-0.05, 0) is 12.1 Å². The summed E-state index contributed by atoms with van der Waals surface area (Å²) >= 11 is 0. The van der Waals surface area contributed by atoms with Crippen LogP contribution in [0.1, 0.15) is 12.8 Å². The molecule has 2 aliphatic rings. The van der Waals surface area contributed by atoms with Crippen LogP contribution in [-0.4, -0.2) is 47.0 Å². The summed E-state index contributed by atoms with van der Waals surface area (Å²) in [5, 5.41) is 0. The van der Waals surface area contributed by atoms with E-state index in [9.17, 15) is 0 Å². The minimum atomic E-state index is -0.340. The Morgan fingerprint density at radius 1 is 1.00 bits per heavy atom. The molecule has 0 radical (unpaired) electrons. The third kappa shape index (κ3) is 2.01. The zero-order valence-electron chi connectivity index (χ0n) is 11.2. The topological polar surface area (TPSA) is 60.4 Å². The molecule has 2 saturated heterocycles. The number of rotatable bonds is 1. The van der Waals surface area contributed by atoms with Crippen LogP contribution in [0, 0.1) is 0 Å². The highest BCUT2D eigenvalue weighted by Crippen LogP contribution is 2.32. The summed E-state index contributed by atoms with van der Waals surface area (Å²) in [7, 11) is 0. The summed E-state index contributed by atoms with van der Waals surface area (Å²) < 4.78 is 11.5. The Morgan fingerprint density at radius 2 is 1.75 bits per heavy atom. The molecule has 0 aliphatic carbocycles. The molecule has 1 spiro atoms. The highest BCUT2D eigenvalue weighted by atomic mass is 16.7. The number of anilines is 1. The smallest absolute Gasteiger partial charge is 0.180 e. The number of ether oxygens (including phenoxy) is 2. The summed E-state index contributed by atoms with van der Waals surface area (Å²) in [6.45, 7) is 3.20. The van der Waals surface area contributed by atoms with Gasteiger partial charge in [0, 0.05) is 38.3 Å². The fourth-order valence-electron chi connectivity index (χ4n) is 2.88. The quantitative estimate of drug-likeness (QED) is 0.781. The Bertz CT molecular complexity index is 617. The van der Waals surface area contributed by atoms with Crippen molar-refractivity contribution in [3.05, 3.63) is 24.5 Å². The fourth-order valence-corrected chi connectivity index (χ4v) is 2.88. The predicted molar refractivity (Wildman–Crippen MR) is 73.4 cm³/mol. The molecule has 2 aromatic rings. The lowest BCUT2D eigenvalue weighted by atomic mass is 10.0. The van der Waals surface area contributed by atoms with Crippen molar-refractivity contribution in [2.24, 2.45) is 0 Å². The normalized spacial score (nSPS) is 21.7. The van der Waals surface area contributed by atoms with E-state index in [-0.39, 0.29) is 5.79 Å². The van der Waals surface area contributed by atoms with Crippen LogP contribution in [0.3, 0.4) is 0 Å². The van der Waals surface area contributed by atoms with Gasteiger partial charge in [-0.3, -0.25) is 4.98 Å². The predicted octanol–water partition coefficient (Wildman–Crippen LogP) is 1.37. The standard InChI is InChI=1S/C14H16N4O2/c1-2-12(17-13-11(1)15-5-6-16-13)18-7-3-14(4-8-18)19-9-10-20-14/h1-2,5-6H,3-4,7-10H2. The van der Waals surface area contributed by atoms with Gasteiger partial charge in [0.1, 0.15) is 11.3 Å². The van der Waals surface area contributed by atoms with Crippen molar-refractivity contribution in [1.82, 2.24) is 15.0 Å². The van der Waals surface area contributed by atoms with E-state index in [0.717, 1.165) is 37.3 Å². The number of aromatic nitrogens is 3. The third-order valence-corrected chi connectivity index (χ3v) is 3.98. The van der Waals surface area contributed by atoms with E-state index in [1.807, 2.05) is 12.1 Å². The van der Waals surface area contributed by atoms with Gasteiger partial charge in [-0.2, -0.15) is 0 Å². The Morgan fingerprint density at radius 3 is 2.55 bits per heavy atom. The van der Waals surface area contributed by atoms with Crippen molar-refractivity contribution in [2.75, 3.05) is 31.2 Å². The summed E-state index contributed by atoms with van der Waals surface area (Å²) in [6, 6.07) is 3.98. The Kier molecular flexibility index (Phi) is 2.78. The van der Waals surface area contributed by atoms with Crippen molar-refractivity contribution in [3.63, 3.8) is 0 Å². The first-order valence-corrected chi connectivity index (χ1v) is 6.95. The van der Waals surface area contributed by atoms with Crippen LogP contribution >= 0.6 is 0 Å². The zero-order chi connectivity index (χ0) is 13.4. The summed E-state index contributed by atoms with van der Waals surface area (Å²) in [4.78, 5) is 15.3. The van der Waals surface area contributed by atoms with Gasteiger partial charge in [-0.25, -0.2) is 9.97 Å². The molecule has 2 fully saturated rings.